The van der Waals surface area contributed by atoms with E-state index in [4.69, 9.17) is 12.2 Å². The van der Waals surface area contributed by atoms with Crippen molar-refractivity contribution in [1.29, 1.82) is 0 Å². The number of aryl methyl sites for hydroxylation is 2. The Bertz CT molecular complexity index is 433. The molecule has 1 aromatic carbocycles. The molecule has 0 heterocycles. The van der Waals surface area contributed by atoms with Crippen molar-refractivity contribution in [3.05, 3.63) is 29.3 Å². The Hall–Kier alpha value is -1.09. The molecule has 1 unspecified atom stereocenters. The average Bonchev–Trinajstić information content (AvgIpc) is 2.20. The molecule has 0 aliphatic rings. The van der Waals surface area contributed by atoms with Crippen LogP contribution in [0.2, 0.25) is 0 Å². The van der Waals surface area contributed by atoms with Crippen molar-refractivity contribution < 1.29 is 0 Å². The van der Waals surface area contributed by atoms with Gasteiger partial charge in [-0.25, -0.2) is 0 Å². The average molecular weight is 264 g/mol. The van der Waals surface area contributed by atoms with E-state index in [0.717, 1.165) is 5.69 Å². The summed E-state index contributed by atoms with van der Waals surface area (Å²) in [5.41, 5.74) is 3.73. The molecule has 2 N–H and O–H groups in total. The van der Waals surface area contributed by atoms with Gasteiger partial charge in [0.25, 0.3) is 0 Å². The van der Waals surface area contributed by atoms with Crippen molar-refractivity contribution in [2.75, 3.05) is 5.32 Å². The lowest BCUT2D eigenvalue weighted by Gasteiger charge is -2.29. The molecule has 0 aliphatic carbocycles. The molecule has 0 saturated carbocycles. The summed E-state index contributed by atoms with van der Waals surface area (Å²) in [6, 6.07) is 6.63. The molecule has 0 radical (unpaired) electrons. The summed E-state index contributed by atoms with van der Waals surface area (Å²) in [6.45, 7) is 12.9. The monoisotopic (exact) mass is 264 g/mol. The zero-order chi connectivity index (χ0) is 13.9. The van der Waals surface area contributed by atoms with Crippen molar-refractivity contribution in [3.63, 3.8) is 0 Å². The maximum atomic E-state index is 5.35. The van der Waals surface area contributed by atoms with E-state index in [9.17, 15) is 0 Å². The van der Waals surface area contributed by atoms with Crippen LogP contribution < -0.4 is 10.6 Å². The number of thiocarbonyl (C=S) groups is 1. The van der Waals surface area contributed by atoms with Crippen LogP contribution >= 0.6 is 12.2 Å². The third kappa shape index (κ3) is 4.30. The first kappa shape index (κ1) is 15.0. The molecule has 0 fully saturated rings. The maximum Gasteiger partial charge on any atom is 0.171 e. The standard InChI is InChI=1S/C15H24N2S/c1-10-7-8-13(11(2)9-10)17-14(18)16-12(3)15(4,5)6/h7-9,12H,1-6H3,(H2,16,17,18). The summed E-state index contributed by atoms with van der Waals surface area (Å²) >= 11 is 5.35. The van der Waals surface area contributed by atoms with Gasteiger partial charge >= 0.3 is 0 Å². The summed E-state index contributed by atoms with van der Waals surface area (Å²) < 4.78 is 0. The van der Waals surface area contributed by atoms with E-state index in [1.165, 1.54) is 11.1 Å². The molecule has 0 aromatic heterocycles. The third-order valence-electron chi connectivity index (χ3n) is 3.28. The van der Waals surface area contributed by atoms with Crippen LogP contribution in [0.4, 0.5) is 5.69 Å². The fourth-order valence-electron chi connectivity index (χ4n) is 1.53. The maximum absolute atomic E-state index is 5.35. The van der Waals surface area contributed by atoms with Crippen LogP contribution in [0.1, 0.15) is 38.8 Å². The van der Waals surface area contributed by atoms with Crippen molar-refractivity contribution in [3.8, 4) is 0 Å². The number of anilines is 1. The highest BCUT2D eigenvalue weighted by molar-refractivity contribution is 7.80. The van der Waals surface area contributed by atoms with Gasteiger partial charge < -0.3 is 10.6 Å². The second-order valence-corrected chi connectivity index (χ2v) is 6.41. The highest BCUT2D eigenvalue weighted by Crippen LogP contribution is 2.19. The van der Waals surface area contributed by atoms with Crippen molar-refractivity contribution in [2.24, 2.45) is 5.41 Å². The first-order valence-corrected chi connectivity index (χ1v) is 6.76. The fraction of sp³-hybridized carbons (Fsp3) is 0.533. The van der Waals surface area contributed by atoms with E-state index in [2.05, 4.69) is 70.4 Å². The Labute approximate surface area is 116 Å². The Morgan fingerprint density at radius 1 is 1.22 bits per heavy atom. The zero-order valence-corrected chi connectivity index (χ0v) is 13.0. The molecule has 0 saturated heterocycles. The SMILES string of the molecule is Cc1ccc(NC(=S)NC(C)C(C)(C)C)c(C)c1. The molecule has 0 aliphatic heterocycles. The number of hydrogen-bond acceptors (Lipinski definition) is 1. The van der Waals surface area contributed by atoms with Gasteiger partial charge in [-0.1, -0.05) is 38.5 Å². The molecule has 1 atom stereocenters. The molecule has 18 heavy (non-hydrogen) atoms. The lowest BCUT2D eigenvalue weighted by Crippen LogP contribution is -2.43. The molecular weight excluding hydrogens is 240 g/mol. The summed E-state index contributed by atoms with van der Waals surface area (Å²) in [6.07, 6.45) is 0. The molecule has 0 spiro atoms. The summed E-state index contributed by atoms with van der Waals surface area (Å²) in [7, 11) is 0. The quantitative estimate of drug-likeness (QED) is 0.789. The molecular formula is C15H24N2S. The molecule has 2 nitrogen and oxygen atoms in total. The van der Waals surface area contributed by atoms with Crippen molar-refractivity contribution in [1.82, 2.24) is 5.32 Å². The molecule has 100 valence electrons. The van der Waals surface area contributed by atoms with E-state index >= 15 is 0 Å². The van der Waals surface area contributed by atoms with Crippen LogP contribution in [-0.2, 0) is 0 Å². The van der Waals surface area contributed by atoms with E-state index in [0.29, 0.717) is 11.2 Å². The predicted molar refractivity (Wildman–Crippen MR) is 84.2 cm³/mol. The second kappa shape index (κ2) is 5.70. The van der Waals surface area contributed by atoms with Crippen LogP contribution in [0.15, 0.2) is 18.2 Å². The Morgan fingerprint density at radius 3 is 2.33 bits per heavy atom. The zero-order valence-electron chi connectivity index (χ0n) is 12.2. The minimum atomic E-state index is 0.189. The van der Waals surface area contributed by atoms with Gasteiger partial charge in [0.15, 0.2) is 5.11 Å². The first-order valence-electron chi connectivity index (χ1n) is 6.35. The van der Waals surface area contributed by atoms with E-state index < -0.39 is 0 Å². The van der Waals surface area contributed by atoms with Gasteiger partial charge in [-0.2, -0.15) is 0 Å². The normalized spacial score (nSPS) is 13.0. The molecule has 0 amide bonds. The molecule has 1 aromatic rings. The second-order valence-electron chi connectivity index (χ2n) is 6.00. The first-order chi connectivity index (χ1) is 8.20. The Balaban J connectivity index is 2.65. The lowest BCUT2D eigenvalue weighted by molar-refractivity contribution is 0.317. The van der Waals surface area contributed by atoms with Crippen LogP contribution in [0.3, 0.4) is 0 Å². The van der Waals surface area contributed by atoms with Gasteiger partial charge in [0.1, 0.15) is 0 Å². The number of rotatable bonds is 2. The van der Waals surface area contributed by atoms with Crippen LogP contribution in [-0.4, -0.2) is 11.2 Å². The van der Waals surface area contributed by atoms with Gasteiger partial charge in [-0.3, -0.25) is 0 Å². The number of hydrogen-bond donors (Lipinski definition) is 2. The van der Waals surface area contributed by atoms with E-state index in [1.807, 2.05) is 0 Å². The summed E-state index contributed by atoms with van der Waals surface area (Å²) in [5.74, 6) is 0. The van der Waals surface area contributed by atoms with Gasteiger partial charge in [-0.15, -0.1) is 0 Å². The molecule has 3 heteroatoms. The van der Waals surface area contributed by atoms with Crippen molar-refractivity contribution in [2.45, 2.75) is 47.6 Å². The van der Waals surface area contributed by atoms with Gasteiger partial charge in [-0.05, 0) is 50.0 Å². The minimum absolute atomic E-state index is 0.189. The van der Waals surface area contributed by atoms with Crippen LogP contribution in [0, 0.1) is 19.3 Å². The van der Waals surface area contributed by atoms with Crippen LogP contribution in [0.25, 0.3) is 0 Å². The van der Waals surface area contributed by atoms with Gasteiger partial charge in [0.2, 0.25) is 0 Å². The highest BCUT2D eigenvalue weighted by Gasteiger charge is 2.20. The minimum Gasteiger partial charge on any atom is -0.359 e. The van der Waals surface area contributed by atoms with Gasteiger partial charge in [0, 0.05) is 11.7 Å². The largest absolute Gasteiger partial charge is 0.359 e. The highest BCUT2D eigenvalue weighted by atomic mass is 32.1. The number of nitrogens with one attached hydrogen (secondary N) is 2. The smallest absolute Gasteiger partial charge is 0.171 e. The fourth-order valence-corrected chi connectivity index (χ4v) is 1.81. The van der Waals surface area contributed by atoms with E-state index in [-0.39, 0.29) is 5.41 Å². The van der Waals surface area contributed by atoms with Crippen molar-refractivity contribution >= 4 is 23.0 Å². The molecule has 1 rings (SSSR count). The topological polar surface area (TPSA) is 24.1 Å². The Kier molecular flexibility index (Phi) is 4.74. The van der Waals surface area contributed by atoms with E-state index in [1.54, 1.807) is 0 Å². The Morgan fingerprint density at radius 2 is 1.83 bits per heavy atom. The molecule has 0 bridgehead atoms. The summed E-state index contributed by atoms with van der Waals surface area (Å²) in [5, 5.41) is 7.28. The van der Waals surface area contributed by atoms with Gasteiger partial charge in [0.05, 0.1) is 0 Å². The third-order valence-corrected chi connectivity index (χ3v) is 3.50. The van der Waals surface area contributed by atoms with Crippen LogP contribution in [0.5, 0.6) is 0 Å². The number of benzene rings is 1. The lowest BCUT2D eigenvalue weighted by atomic mass is 9.88. The predicted octanol–water partition coefficient (Wildman–Crippen LogP) is 4.02. The summed E-state index contributed by atoms with van der Waals surface area (Å²) in [4.78, 5) is 0.